The molecule has 0 aromatic rings. The normalized spacial score (nSPS) is 17.6. The van der Waals surface area contributed by atoms with Crippen LogP contribution in [0.15, 0.2) is 143 Å². The highest BCUT2D eigenvalue weighted by Gasteiger charge is 2.27. The molecule has 0 amide bonds. The van der Waals surface area contributed by atoms with Crippen LogP contribution in [0.5, 0.6) is 0 Å². The van der Waals surface area contributed by atoms with Gasteiger partial charge in [0, 0.05) is 11.8 Å². The molecule has 0 radical (unpaired) electrons. The van der Waals surface area contributed by atoms with Crippen molar-refractivity contribution in [1.82, 2.24) is 0 Å². The van der Waals surface area contributed by atoms with Gasteiger partial charge in [0.05, 0.1) is 22.4 Å². The Bertz CT molecular complexity index is 1470. The molecular formula is C50H78O4. The first-order valence-electron chi connectivity index (χ1n) is 19.8. The number of hydrogen-bond donors (Lipinski definition) is 4. The zero-order valence-electron chi connectivity index (χ0n) is 36.5. The molecule has 0 heterocycles. The minimum atomic E-state index is -0.847. The first kappa shape index (κ1) is 50.7. The average Bonchev–Trinajstić information content (AvgIpc) is 3.00. The van der Waals surface area contributed by atoms with E-state index in [0.717, 1.165) is 36.0 Å². The van der Waals surface area contributed by atoms with E-state index in [-0.39, 0.29) is 11.8 Å². The highest BCUT2D eigenvalue weighted by molar-refractivity contribution is 5.33. The molecule has 0 aromatic heterocycles. The van der Waals surface area contributed by atoms with Gasteiger partial charge in [-0.2, -0.15) is 0 Å². The van der Waals surface area contributed by atoms with Crippen molar-refractivity contribution in [3.63, 3.8) is 0 Å². The maximum atomic E-state index is 10.6. The standard InChI is InChI=1S/C50H78O4/c1-39(23-17-25-41(3)27-19-29-43(5)31-33-45(49(11,12)53)35-37-47(7,8)51)21-15-16-22-40(2)24-18-26-42(4)28-20-30-44(6)32-34-46(50(13,14)54)36-38-48(9,10)52/h15-29,31-34,44-46,51-54H,30,35-38H2,1-14H3/b16-15+,23-17+,24-18+,27-19+,28-20+,33-31+,34-32+,39-21+,40-22+,41-25+,42-26+,43-29+/t44?,45-,46-/m1/s1. The molecule has 0 saturated heterocycles. The van der Waals surface area contributed by atoms with Gasteiger partial charge in [-0.1, -0.05) is 150 Å². The average molecular weight is 743 g/mol. The molecule has 0 aliphatic heterocycles. The van der Waals surface area contributed by atoms with Crippen LogP contribution in [0.25, 0.3) is 0 Å². The van der Waals surface area contributed by atoms with E-state index >= 15 is 0 Å². The molecule has 0 fully saturated rings. The summed E-state index contributed by atoms with van der Waals surface area (Å²) in [7, 11) is 0. The second-order valence-corrected chi connectivity index (χ2v) is 17.6. The Hall–Kier alpha value is -3.28. The fraction of sp³-hybridized carbons (Fsp3) is 0.520. The van der Waals surface area contributed by atoms with E-state index in [9.17, 15) is 20.4 Å². The Morgan fingerprint density at radius 3 is 1.15 bits per heavy atom. The Morgan fingerprint density at radius 2 is 0.778 bits per heavy atom. The molecule has 4 heteroatoms. The van der Waals surface area contributed by atoms with Crippen molar-refractivity contribution in [2.75, 3.05) is 0 Å². The van der Waals surface area contributed by atoms with Gasteiger partial charge in [-0.25, -0.2) is 0 Å². The molecule has 54 heavy (non-hydrogen) atoms. The molecular weight excluding hydrogens is 665 g/mol. The predicted octanol–water partition coefficient (Wildman–Crippen LogP) is 12.5. The van der Waals surface area contributed by atoms with Crippen LogP contribution in [0.1, 0.15) is 129 Å². The third kappa shape index (κ3) is 29.1. The predicted molar refractivity (Wildman–Crippen MR) is 237 cm³/mol. The Kier molecular flexibility index (Phi) is 23.5. The molecule has 4 nitrogen and oxygen atoms in total. The summed E-state index contributed by atoms with van der Waals surface area (Å²) in [6.07, 6.45) is 43.4. The van der Waals surface area contributed by atoms with Gasteiger partial charge in [0.25, 0.3) is 0 Å². The molecule has 0 aromatic carbocycles. The minimum absolute atomic E-state index is 0.00245. The zero-order chi connectivity index (χ0) is 41.6. The summed E-state index contributed by atoms with van der Waals surface area (Å²) in [6, 6.07) is 0. The van der Waals surface area contributed by atoms with Crippen molar-refractivity contribution in [3.05, 3.63) is 143 Å². The van der Waals surface area contributed by atoms with Crippen LogP contribution in [0.3, 0.4) is 0 Å². The van der Waals surface area contributed by atoms with E-state index in [4.69, 9.17) is 0 Å². The second-order valence-electron chi connectivity index (χ2n) is 17.6. The second kappa shape index (κ2) is 25.0. The van der Waals surface area contributed by atoms with Gasteiger partial charge in [0.1, 0.15) is 0 Å². The quantitative estimate of drug-likeness (QED) is 0.0621. The lowest BCUT2D eigenvalue weighted by Gasteiger charge is -2.29. The van der Waals surface area contributed by atoms with Crippen LogP contribution >= 0.6 is 0 Å². The lowest BCUT2D eigenvalue weighted by atomic mass is 9.83. The van der Waals surface area contributed by atoms with Gasteiger partial charge in [-0.15, -0.1) is 0 Å². The summed E-state index contributed by atoms with van der Waals surface area (Å²) < 4.78 is 0. The molecule has 0 saturated carbocycles. The van der Waals surface area contributed by atoms with Crippen molar-refractivity contribution in [3.8, 4) is 0 Å². The van der Waals surface area contributed by atoms with Crippen LogP contribution in [-0.4, -0.2) is 42.8 Å². The van der Waals surface area contributed by atoms with E-state index in [0.29, 0.717) is 18.8 Å². The third-order valence-corrected chi connectivity index (χ3v) is 9.09. The van der Waals surface area contributed by atoms with Crippen molar-refractivity contribution in [2.45, 2.75) is 151 Å². The molecule has 3 atom stereocenters. The molecule has 0 bridgehead atoms. The van der Waals surface area contributed by atoms with Crippen molar-refractivity contribution < 1.29 is 20.4 Å². The summed E-state index contributed by atoms with van der Waals surface area (Å²) in [6.45, 7) is 27.1. The van der Waals surface area contributed by atoms with E-state index in [2.05, 4.69) is 138 Å². The van der Waals surface area contributed by atoms with E-state index < -0.39 is 22.4 Å². The van der Waals surface area contributed by atoms with Crippen LogP contribution in [-0.2, 0) is 0 Å². The van der Waals surface area contributed by atoms with E-state index in [1.807, 2.05) is 60.6 Å². The first-order valence-corrected chi connectivity index (χ1v) is 19.8. The molecule has 302 valence electrons. The monoisotopic (exact) mass is 743 g/mol. The highest BCUT2D eigenvalue weighted by atomic mass is 16.3. The smallest absolute Gasteiger partial charge is 0.0654 e. The lowest BCUT2D eigenvalue weighted by Crippen LogP contribution is -2.31. The fourth-order valence-electron chi connectivity index (χ4n) is 5.27. The number of rotatable bonds is 23. The van der Waals surface area contributed by atoms with Crippen molar-refractivity contribution >= 4 is 0 Å². The number of aliphatic hydroxyl groups is 4. The highest BCUT2D eigenvalue weighted by Crippen LogP contribution is 2.28. The van der Waals surface area contributed by atoms with Gasteiger partial charge < -0.3 is 20.4 Å². The molecule has 0 aliphatic carbocycles. The summed E-state index contributed by atoms with van der Waals surface area (Å²) in [4.78, 5) is 0. The van der Waals surface area contributed by atoms with Crippen LogP contribution in [0.2, 0.25) is 0 Å². The molecule has 0 spiro atoms. The largest absolute Gasteiger partial charge is 0.390 e. The number of hydrogen-bond acceptors (Lipinski definition) is 4. The third-order valence-electron chi connectivity index (χ3n) is 9.09. The summed E-state index contributed by atoms with van der Waals surface area (Å²) in [5.41, 5.74) is 2.61. The maximum absolute atomic E-state index is 10.6. The summed E-state index contributed by atoms with van der Waals surface area (Å²) in [5.74, 6) is 0.321. The fourth-order valence-corrected chi connectivity index (χ4v) is 5.27. The lowest BCUT2D eigenvalue weighted by molar-refractivity contribution is 0.0130. The van der Waals surface area contributed by atoms with Gasteiger partial charge >= 0.3 is 0 Å². The van der Waals surface area contributed by atoms with Crippen molar-refractivity contribution in [2.24, 2.45) is 17.8 Å². The molecule has 1 unspecified atom stereocenters. The van der Waals surface area contributed by atoms with Crippen molar-refractivity contribution in [1.29, 1.82) is 0 Å². The molecule has 0 rings (SSSR count). The van der Waals surface area contributed by atoms with Crippen LogP contribution in [0.4, 0.5) is 0 Å². The van der Waals surface area contributed by atoms with E-state index in [1.54, 1.807) is 13.8 Å². The Balaban J connectivity index is 5.00. The van der Waals surface area contributed by atoms with Gasteiger partial charge in [0.15, 0.2) is 0 Å². The molecule has 0 aliphatic rings. The number of allylic oxidation sites excluding steroid dienone is 22. The summed E-state index contributed by atoms with van der Waals surface area (Å²) in [5, 5.41) is 41.3. The van der Waals surface area contributed by atoms with Gasteiger partial charge in [-0.05, 0) is 128 Å². The maximum Gasteiger partial charge on any atom is 0.0654 e. The summed E-state index contributed by atoms with van der Waals surface area (Å²) >= 11 is 0. The first-order chi connectivity index (χ1) is 24.8. The Morgan fingerprint density at radius 1 is 0.444 bits per heavy atom. The molecule has 4 N–H and O–H groups in total. The van der Waals surface area contributed by atoms with Gasteiger partial charge in [0.2, 0.25) is 0 Å². The SMILES string of the molecule is CC(/C=C/C=C(C)/C=C/C=C(C)/C=C/[C@H](CCC(C)(C)O)C(C)(C)O)=C\C=C\C=C(C)\C=C\C=C(C)\C=C\CC(C)/C=C/[C@H](CCC(C)(C)O)C(C)(C)O. The topological polar surface area (TPSA) is 80.9 Å². The van der Waals surface area contributed by atoms with E-state index in [1.165, 1.54) is 11.1 Å². The minimum Gasteiger partial charge on any atom is -0.390 e. The Labute approximate surface area is 332 Å². The van der Waals surface area contributed by atoms with Crippen LogP contribution in [0, 0.1) is 17.8 Å². The zero-order valence-corrected chi connectivity index (χ0v) is 36.5. The van der Waals surface area contributed by atoms with Crippen LogP contribution < -0.4 is 0 Å². The van der Waals surface area contributed by atoms with Gasteiger partial charge in [-0.3, -0.25) is 0 Å².